The molecule has 0 aliphatic carbocycles. The van der Waals surface area contributed by atoms with E-state index in [1.807, 2.05) is 42.2 Å². The second-order valence-electron chi connectivity index (χ2n) is 6.18. The number of hydrogen-bond donors (Lipinski definition) is 1. The van der Waals surface area contributed by atoms with Gasteiger partial charge in [-0.05, 0) is 37.3 Å². The Kier molecular flexibility index (Phi) is 6.29. The zero-order valence-electron chi connectivity index (χ0n) is 15.6. The molecule has 7 heteroatoms. The van der Waals surface area contributed by atoms with Crippen LogP contribution >= 0.6 is 11.6 Å². The van der Waals surface area contributed by atoms with Gasteiger partial charge in [0.25, 0.3) is 0 Å². The summed E-state index contributed by atoms with van der Waals surface area (Å²) in [7, 11) is 1.59. The van der Waals surface area contributed by atoms with Crippen molar-refractivity contribution in [3.8, 4) is 11.5 Å². The highest BCUT2D eigenvalue weighted by Gasteiger charge is 2.21. The molecule has 1 fully saturated rings. The highest BCUT2D eigenvalue weighted by atomic mass is 35.5. The van der Waals surface area contributed by atoms with E-state index >= 15 is 0 Å². The molecule has 1 heterocycles. The maximum Gasteiger partial charge on any atom is 0.321 e. The maximum absolute atomic E-state index is 12.6. The van der Waals surface area contributed by atoms with Crippen molar-refractivity contribution < 1.29 is 14.3 Å². The zero-order chi connectivity index (χ0) is 19.2. The molecule has 2 aromatic rings. The minimum absolute atomic E-state index is 0.117. The SMILES string of the molecule is CCOc1cc(NC(=O)N2CCN(c3cccc(Cl)c3)CC2)ccc1OC. The van der Waals surface area contributed by atoms with E-state index in [-0.39, 0.29) is 6.03 Å². The van der Waals surface area contributed by atoms with Crippen molar-refractivity contribution in [1.29, 1.82) is 0 Å². The zero-order valence-corrected chi connectivity index (χ0v) is 16.3. The van der Waals surface area contributed by atoms with E-state index in [0.717, 1.165) is 23.8 Å². The van der Waals surface area contributed by atoms with Crippen LogP contribution < -0.4 is 19.7 Å². The number of hydrogen-bond acceptors (Lipinski definition) is 4. The Balaban J connectivity index is 1.59. The number of carbonyl (C=O) groups is 1. The molecule has 2 amide bonds. The molecule has 27 heavy (non-hydrogen) atoms. The number of nitrogens with one attached hydrogen (secondary N) is 1. The van der Waals surface area contributed by atoms with Crippen LogP contribution in [-0.4, -0.2) is 50.8 Å². The fourth-order valence-corrected chi connectivity index (χ4v) is 3.25. The van der Waals surface area contributed by atoms with Gasteiger partial charge in [-0.3, -0.25) is 0 Å². The predicted molar refractivity (Wildman–Crippen MR) is 108 cm³/mol. The molecular weight excluding hydrogens is 366 g/mol. The summed E-state index contributed by atoms with van der Waals surface area (Å²) in [4.78, 5) is 16.6. The summed E-state index contributed by atoms with van der Waals surface area (Å²) in [5.41, 5.74) is 1.76. The third-order valence-corrected chi connectivity index (χ3v) is 4.69. The van der Waals surface area contributed by atoms with Crippen LogP contribution in [0.5, 0.6) is 11.5 Å². The van der Waals surface area contributed by atoms with Gasteiger partial charge in [-0.2, -0.15) is 0 Å². The standard InChI is InChI=1S/C20H24ClN3O3/c1-3-27-19-14-16(7-8-18(19)26-2)22-20(25)24-11-9-23(10-12-24)17-6-4-5-15(21)13-17/h4-8,13-14H,3,9-12H2,1-2H3,(H,22,25). The fourth-order valence-electron chi connectivity index (χ4n) is 3.07. The molecule has 1 aliphatic rings. The highest BCUT2D eigenvalue weighted by molar-refractivity contribution is 6.30. The van der Waals surface area contributed by atoms with Gasteiger partial charge in [-0.25, -0.2) is 4.79 Å². The van der Waals surface area contributed by atoms with E-state index in [4.69, 9.17) is 21.1 Å². The first-order valence-electron chi connectivity index (χ1n) is 8.98. The first-order valence-corrected chi connectivity index (χ1v) is 9.35. The van der Waals surface area contributed by atoms with Gasteiger partial charge in [0.05, 0.1) is 13.7 Å². The number of rotatable bonds is 5. The highest BCUT2D eigenvalue weighted by Crippen LogP contribution is 2.30. The van der Waals surface area contributed by atoms with Crippen LogP contribution in [0.25, 0.3) is 0 Å². The van der Waals surface area contributed by atoms with Crippen molar-refractivity contribution in [2.75, 3.05) is 50.1 Å². The molecule has 3 rings (SSSR count). The molecule has 1 N–H and O–H groups in total. The lowest BCUT2D eigenvalue weighted by Gasteiger charge is -2.36. The van der Waals surface area contributed by atoms with Crippen LogP contribution in [0.15, 0.2) is 42.5 Å². The number of piperazine rings is 1. The van der Waals surface area contributed by atoms with Gasteiger partial charge >= 0.3 is 6.03 Å². The Hall–Kier alpha value is -2.60. The van der Waals surface area contributed by atoms with Gasteiger partial charge < -0.3 is 24.6 Å². The van der Waals surface area contributed by atoms with Crippen LogP contribution in [-0.2, 0) is 0 Å². The van der Waals surface area contributed by atoms with Crippen molar-refractivity contribution in [2.24, 2.45) is 0 Å². The molecule has 0 aromatic heterocycles. The van der Waals surface area contributed by atoms with Gasteiger partial charge in [0.15, 0.2) is 11.5 Å². The number of anilines is 2. The van der Waals surface area contributed by atoms with Crippen molar-refractivity contribution in [3.63, 3.8) is 0 Å². The lowest BCUT2D eigenvalue weighted by atomic mass is 10.2. The first kappa shape index (κ1) is 19.2. The maximum atomic E-state index is 12.6. The van der Waals surface area contributed by atoms with E-state index in [2.05, 4.69) is 10.2 Å². The van der Waals surface area contributed by atoms with Crippen LogP contribution in [0, 0.1) is 0 Å². The van der Waals surface area contributed by atoms with Crippen molar-refractivity contribution >= 4 is 29.0 Å². The monoisotopic (exact) mass is 389 g/mol. The minimum Gasteiger partial charge on any atom is -0.493 e. The lowest BCUT2D eigenvalue weighted by Crippen LogP contribution is -2.50. The Morgan fingerprint density at radius 1 is 1.11 bits per heavy atom. The number of benzene rings is 2. The summed E-state index contributed by atoms with van der Waals surface area (Å²) in [6.45, 7) is 5.25. The van der Waals surface area contributed by atoms with E-state index in [1.54, 1.807) is 19.2 Å². The summed E-state index contributed by atoms with van der Waals surface area (Å²) < 4.78 is 10.8. The summed E-state index contributed by atoms with van der Waals surface area (Å²) >= 11 is 6.07. The number of urea groups is 1. The second-order valence-corrected chi connectivity index (χ2v) is 6.62. The molecule has 2 aromatic carbocycles. The topological polar surface area (TPSA) is 54.0 Å². The molecular formula is C20H24ClN3O3. The average molecular weight is 390 g/mol. The number of carbonyl (C=O) groups excluding carboxylic acids is 1. The fraction of sp³-hybridized carbons (Fsp3) is 0.350. The molecule has 1 saturated heterocycles. The molecule has 0 bridgehead atoms. The van der Waals surface area contributed by atoms with Crippen molar-refractivity contribution in [3.05, 3.63) is 47.5 Å². The second kappa shape index (κ2) is 8.86. The van der Waals surface area contributed by atoms with Crippen molar-refractivity contribution in [1.82, 2.24) is 4.90 Å². The molecule has 0 saturated carbocycles. The third-order valence-electron chi connectivity index (χ3n) is 4.45. The Labute approximate surface area is 164 Å². The summed E-state index contributed by atoms with van der Waals surface area (Å²) in [5, 5.41) is 3.66. The van der Waals surface area contributed by atoms with Crippen LogP contribution in [0.4, 0.5) is 16.2 Å². The molecule has 144 valence electrons. The third kappa shape index (κ3) is 4.77. The van der Waals surface area contributed by atoms with E-state index in [0.29, 0.717) is 36.9 Å². The summed E-state index contributed by atoms with van der Waals surface area (Å²) in [6.07, 6.45) is 0. The van der Waals surface area contributed by atoms with Crippen LogP contribution in [0.3, 0.4) is 0 Å². The van der Waals surface area contributed by atoms with Gasteiger partial charge in [0, 0.05) is 48.6 Å². The molecule has 0 atom stereocenters. The average Bonchev–Trinajstić information content (AvgIpc) is 2.68. The van der Waals surface area contributed by atoms with Crippen LogP contribution in [0.1, 0.15) is 6.92 Å². The first-order chi connectivity index (χ1) is 13.1. The van der Waals surface area contributed by atoms with Gasteiger partial charge in [-0.1, -0.05) is 17.7 Å². The van der Waals surface area contributed by atoms with Gasteiger partial charge in [0.1, 0.15) is 0 Å². The molecule has 1 aliphatic heterocycles. The number of methoxy groups -OCH3 is 1. The minimum atomic E-state index is -0.117. The largest absolute Gasteiger partial charge is 0.493 e. The van der Waals surface area contributed by atoms with Gasteiger partial charge in [0.2, 0.25) is 0 Å². The number of ether oxygens (including phenoxy) is 2. The van der Waals surface area contributed by atoms with E-state index in [9.17, 15) is 4.79 Å². The Morgan fingerprint density at radius 3 is 2.56 bits per heavy atom. The number of amides is 2. The Bertz CT molecular complexity index is 792. The van der Waals surface area contributed by atoms with Gasteiger partial charge in [-0.15, -0.1) is 0 Å². The Morgan fingerprint density at radius 2 is 1.89 bits per heavy atom. The molecule has 0 spiro atoms. The van der Waals surface area contributed by atoms with Crippen molar-refractivity contribution in [2.45, 2.75) is 6.92 Å². The van der Waals surface area contributed by atoms with Crippen LogP contribution in [0.2, 0.25) is 5.02 Å². The number of nitrogens with zero attached hydrogens (tertiary/aromatic N) is 2. The molecule has 0 radical (unpaired) electrons. The molecule has 0 unspecified atom stereocenters. The van der Waals surface area contributed by atoms with E-state index < -0.39 is 0 Å². The smallest absolute Gasteiger partial charge is 0.321 e. The normalized spacial score (nSPS) is 14.0. The van der Waals surface area contributed by atoms with E-state index in [1.165, 1.54) is 0 Å². The lowest BCUT2D eigenvalue weighted by molar-refractivity contribution is 0.208. The number of halogens is 1. The predicted octanol–water partition coefficient (Wildman–Crippen LogP) is 4.10. The summed E-state index contributed by atoms with van der Waals surface area (Å²) in [5.74, 6) is 1.26. The quantitative estimate of drug-likeness (QED) is 0.836. The molecule has 6 nitrogen and oxygen atoms in total. The summed E-state index contributed by atoms with van der Waals surface area (Å²) in [6, 6.07) is 13.0.